The van der Waals surface area contributed by atoms with E-state index < -0.39 is 29.1 Å². The van der Waals surface area contributed by atoms with Crippen molar-refractivity contribution < 1.29 is 28.5 Å². The zero-order valence-corrected chi connectivity index (χ0v) is 19.9. The highest BCUT2D eigenvalue weighted by Gasteiger charge is 2.46. The molecule has 0 spiro atoms. The van der Waals surface area contributed by atoms with Crippen molar-refractivity contribution >= 4 is 11.9 Å². The maximum atomic E-state index is 11.8. The van der Waals surface area contributed by atoms with Gasteiger partial charge in [0.2, 0.25) is 0 Å². The summed E-state index contributed by atoms with van der Waals surface area (Å²) in [6.45, 7) is 18.3. The van der Waals surface area contributed by atoms with Crippen molar-refractivity contribution in [1.29, 1.82) is 0 Å². The first-order valence-electron chi connectivity index (χ1n) is 10.9. The molecule has 0 saturated carbocycles. The van der Waals surface area contributed by atoms with Crippen molar-refractivity contribution in [2.24, 2.45) is 5.41 Å². The summed E-state index contributed by atoms with van der Waals surface area (Å²) in [5, 5.41) is 0. The topological polar surface area (TPSA) is 71.1 Å². The molecular formula is C26H36O6. The molecule has 32 heavy (non-hydrogen) atoms. The molecule has 0 N–H and O–H groups in total. The summed E-state index contributed by atoms with van der Waals surface area (Å²) in [6.07, 6.45) is 2.35. The number of carbonyl (C=O) groups excluding carboxylic acids is 2. The van der Waals surface area contributed by atoms with Crippen LogP contribution in [0, 0.1) is 5.41 Å². The Bertz CT molecular complexity index is 812. The Labute approximate surface area is 191 Å². The molecule has 176 valence electrons. The zero-order chi connectivity index (χ0) is 24.0. The van der Waals surface area contributed by atoms with E-state index in [0.717, 1.165) is 17.7 Å². The summed E-state index contributed by atoms with van der Waals surface area (Å²) < 4.78 is 23.1. The van der Waals surface area contributed by atoms with E-state index in [4.69, 9.17) is 18.9 Å². The molecule has 0 bridgehead atoms. The van der Waals surface area contributed by atoms with Gasteiger partial charge in [-0.1, -0.05) is 65.1 Å². The Balaban J connectivity index is 2.25. The fourth-order valence-corrected chi connectivity index (χ4v) is 3.55. The number of rotatable bonds is 9. The standard InChI is InChI=1S/C26H36O6/c1-8-21(27)29-15-25(7,20-13-11-19(12-14-20)24(4,5)6)23-31-17-26(10-3,18-32-23)16-30-22(28)9-2/h8-9,11-14,23H,1-2,10,15-18H2,3-7H3. The minimum Gasteiger partial charge on any atom is -0.462 e. The van der Waals surface area contributed by atoms with Crippen molar-refractivity contribution in [3.63, 3.8) is 0 Å². The Morgan fingerprint density at radius 2 is 1.50 bits per heavy atom. The molecule has 2 rings (SSSR count). The van der Waals surface area contributed by atoms with Gasteiger partial charge in [0.25, 0.3) is 0 Å². The van der Waals surface area contributed by atoms with Crippen molar-refractivity contribution in [2.75, 3.05) is 26.4 Å². The first kappa shape index (κ1) is 25.8. The highest BCUT2D eigenvalue weighted by Crippen LogP contribution is 2.38. The monoisotopic (exact) mass is 444 g/mol. The van der Waals surface area contributed by atoms with Crippen LogP contribution in [0.4, 0.5) is 0 Å². The largest absolute Gasteiger partial charge is 0.462 e. The van der Waals surface area contributed by atoms with Crippen LogP contribution in [0.5, 0.6) is 0 Å². The van der Waals surface area contributed by atoms with Crippen molar-refractivity contribution in [1.82, 2.24) is 0 Å². The Morgan fingerprint density at radius 1 is 1.00 bits per heavy atom. The minimum absolute atomic E-state index is 0.0195. The first-order chi connectivity index (χ1) is 15.0. The van der Waals surface area contributed by atoms with E-state index in [1.54, 1.807) is 0 Å². The van der Waals surface area contributed by atoms with Gasteiger partial charge < -0.3 is 18.9 Å². The van der Waals surface area contributed by atoms with E-state index >= 15 is 0 Å². The summed E-state index contributed by atoms with van der Waals surface area (Å²) in [4.78, 5) is 23.3. The molecule has 0 aromatic heterocycles. The lowest BCUT2D eigenvalue weighted by Crippen LogP contribution is -2.53. The normalized spacial score (nSPS) is 23.0. The lowest BCUT2D eigenvalue weighted by Gasteiger charge is -2.45. The predicted molar refractivity (Wildman–Crippen MR) is 123 cm³/mol. The summed E-state index contributed by atoms with van der Waals surface area (Å²) in [7, 11) is 0. The van der Waals surface area contributed by atoms with Crippen molar-refractivity contribution in [3.05, 3.63) is 60.7 Å². The van der Waals surface area contributed by atoms with Crippen LogP contribution in [0.1, 0.15) is 52.2 Å². The maximum Gasteiger partial charge on any atom is 0.330 e. The van der Waals surface area contributed by atoms with Gasteiger partial charge in [-0.3, -0.25) is 0 Å². The van der Waals surface area contributed by atoms with Gasteiger partial charge in [0.15, 0.2) is 6.29 Å². The molecule has 0 radical (unpaired) electrons. The second-order valence-corrected chi connectivity index (χ2v) is 9.68. The SMILES string of the molecule is C=CC(=O)OCC1(CC)COC(C(C)(COC(=O)C=C)c2ccc(C(C)(C)C)cc2)OC1. The summed E-state index contributed by atoms with van der Waals surface area (Å²) in [5.41, 5.74) is 0.975. The van der Waals surface area contributed by atoms with Gasteiger partial charge in [-0.2, -0.15) is 0 Å². The smallest absolute Gasteiger partial charge is 0.330 e. The fraction of sp³-hybridized carbons (Fsp3) is 0.538. The maximum absolute atomic E-state index is 11.8. The van der Waals surface area contributed by atoms with Crippen LogP contribution >= 0.6 is 0 Å². The predicted octanol–water partition coefficient (Wildman–Crippen LogP) is 4.47. The fourth-order valence-electron chi connectivity index (χ4n) is 3.55. The number of hydrogen-bond acceptors (Lipinski definition) is 6. The average molecular weight is 445 g/mol. The highest BCUT2D eigenvalue weighted by atomic mass is 16.7. The third kappa shape index (κ3) is 6.08. The first-order valence-corrected chi connectivity index (χ1v) is 10.9. The lowest BCUT2D eigenvalue weighted by atomic mass is 9.78. The summed E-state index contributed by atoms with van der Waals surface area (Å²) in [6, 6.07) is 8.22. The molecule has 1 aliphatic rings. The Hall–Kier alpha value is -2.44. The minimum atomic E-state index is -0.743. The van der Waals surface area contributed by atoms with Gasteiger partial charge in [-0.05, 0) is 29.9 Å². The van der Waals surface area contributed by atoms with Crippen molar-refractivity contribution in [3.8, 4) is 0 Å². The van der Waals surface area contributed by atoms with Crippen LogP contribution in [0.25, 0.3) is 0 Å². The van der Waals surface area contributed by atoms with E-state index in [9.17, 15) is 9.59 Å². The molecule has 1 atom stereocenters. The third-order valence-electron chi connectivity index (χ3n) is 6.13. The molecule has 1 fully saturated rings. The average Bonchev–Trinajstić information content (AvgIpc) is 2.80. The van der Waals surface area contributed by atoms with Gasteiger partial charge in [0.05, 0.1) is 24.0 Å². The number of esters is 2. The van der Waals surface area contributed by atoms with E-state index in [0.29, 0.717) is 19.6 Å². The highest BCUT2D eigenvalue weighted by molar-refractivity contribution is 5.81. The molecule has 1 unspecified atom stereocenters. The second-order valence-electron chi connectivity index (χ2n) is 9.68. The second kappa shape index (κ2) is 10.5. The van der Waals surface area contributed by atoms with Crippen LogP contribution in [0.3, 0.4) is 0 Å². The van der Waals surface area contributed by atoms with Gasteiger partial charge in [0, 0.05) is 12.2 Å². The van der Waals surface area contributed by atoms with E-state index in [1.165, 1.54) is 5.56 Å². The van der Waals surface area contributed by atoms with Gasteiger partial charge in [0.1, 0.15) is 13.2 Å². The zero-order valence-electron chi connectivity index (χ0n) is 19.9. The summed E-state index contributed by atoms with van der Waals surface area (Å²) in [5.74, 6) is -0.974. The molecule has 6 heteroatoms. The molecule has 1 aromatic rings. The molecule has 6 nitrogen and oxygen atoms in total. The van der Waals surface area contributed by atoms with E-state index in [-0.39, 0.29) is 18.6 Å². The number of hydrogen-bond donors (Lipinski definition) is 0. The van der Waals surface area contributed by atoms with Crippen LogP contribution in [0.2, 0.25) is 0 Å². The summed E-state index contributed by atoms with van der Waals surface area (Å²) >= 11 is 0. The molecule has 0 amide bonds. The molecule has 1 aliphatic heterocycles. The van der Waals surface area contributed by atoms with Crippen molar-refractivity contribution in [2.45, 2.75) is 58.2 Å². The molecule has 1 saturated heterocycles. The van der Waals surface area contributed by atoms with Gasteiger partial charge in [-0.15, -0.1) is 0 Å². The molecule has 1 heterocycles. The molecular weight excluding hydrogens is 408 g/mol. The number of ether oxygens (including phenoxy) is 4. The number of benzene rings is 1. The lowest BCUT2D eigenvalue weighted by molar-refractivity contribution is -0.267. The van der Waals surface area contributed by atoms with Crippen LogP contribution in [-0.4, -0.2) is 44.7 Å². The molecule has 1 aromatic carbocycles. The van der Waals surface area contributed by atoms with E-state index in [1.807, 2.05) is 26.0 Å². The van der Waals surface area contributed by atoms with Crippen LogP contribution in [0.15, 0.2) is 49.6 Å². The van der Waals surface area contributed by atoms with E-state index in [2.05, 4.69) is 46.1 Å². The third-order valence-corrected chi connectivity index (χ3v) is 6.13. The number of carbonyl (C=O) groups is 2. The Kier molecular flexibility index (Phi) is 8.43. The van der Waals surface area contributed by atoms with Crippen LogP contribution in [-0.2, 0) is 39.4 Å². The van der Waals surface area contributed by atoms with Gasteiger partial charge >= 0.3 is 11.9 Å². The quantitative estimate of drug-likeness (QED) is 0.413. The van der Waals surface area contributed by atoms with Gasteiger partial charge in [-0.25, -0.2) is 9.59 Å². The Morgan fingerprint density at radius 3 is 1.97 bits per heavy atom. The molecule has 0 aliphatic carbocycles. The van der Waals surface area contributed by atoms with Crippen LogP contribution < -0.4 is 0 Å².